The van der Waals surface area contributed by atoms with Gasteiger partial charge in [0, 0.05) is 55.8 Å². The summed E-state index contributed by atoms with van der Waals surface area (Å²) in [4.78, 5) is 32.4. The SMILES string of the molecule is CC(C)c1nccc(N2CCC(Cn3cnc(-c4ccncc4)cc3=O)CC2)n1. The monoisotopic (exact) mass is 390 g/mol. The lowest BCUT2D eigenvalue weighted by Crippen LogP contribution is -2.37. The summed E-state index contributed by atoms with van der Waals surface area (Å²) in [5.41, 5.74) is 1.59. The third kappa shape index (κ3) is 4.50. The highest BCUT2D eigenvalue weighted by Crippen LogP contribution is 2.23. The Labute approximate surface area is 170 Å². The van der Waals surface area contributed by atoms with Gasteiger partial charge in [0.15, 0.2) is 0 Å². The number of nitrogens with zero attached hydrogens (tertiary/aromatic N) is 6. The predicted molar refractivity (Wildman–Crippen MR) is 113 cm³/mol. The molecule has 1 fully saturated rings. The van der Waals surface area contributed by atoms with E-state index in [1.807, 2.05) is 24.4 Å². The summed E-state index contributed by atoms with van der Waals surface area (Å²) in [6, 6.07) is 7.32. The highest BCUT2D eigenvalue weighted by atomic mass is 16.1. The summed E-state index contributed by atoms with van der Waals surface area (Å²) in [5, 5.41) is 0. The maximum atomic E-state index is 12.6. The van der Waals surface area contributed by atoms with Gasteiger partial charge in [0.05, 0.1) is 12.0 Å². The van der Waals surface area contributed by atoms with Crippen LogP contribution >= 0.6 is 0 Å². The van der Waals surface area contributed by atoms with Crippen molar-refractivity contribution in [3.63, 3.8) is 0 Å². The third-order valence-electron chi connectivity index (χ3n) is 5.42. The van der Waals surface area contributed by atoms with Crippen LogP contribution in [0.5, 0.6) is 0 Å². The van der Waals surface area contributed by atoms with Crippen LogP contribution < -0.4 is 10.5 Å². The molecule has 0 amide bonds. The number of pyridine rings is 1. The first kappa shape index (κ1) is 19.2. The first-order valence-corrected chi connectivity index (χ1v) is 10.1. The Morgan fingerprint density at radius 2 is 1.83 bits per heavy atom. The summed E-state index contributed by atoms with van der Waals surface area (Å²) >= 11 is 0. The molecule has 1 aliphatic heterocycles. The molecule has 1 saturated heterocycles. The molecule has 0 saturated carbocycles. The molecule has 0 aliphatic carbocycles. The average molecular weight is 390 g/mol. The molecule has 3 aromatic heterocycles. The lowest BCUT2D eigenvalue weighted by Gasteiger charge is -2.33. The van der Waals surface area contributed by atoms with E-state index in [4.69, 9.17) is 4.98 Å². The van der Waals surface area contributed by atoms with Crippen molar-refractivity contribution in [2.45, 2.75) is 39.2 Å². The zero-order valence-corrected chi connectivity index (χ0v) is 16.9. The van der Waals surface area contributed by atoms with Gasteiger partial charge >= 0.3 is 0 Å². The van der Waals surface area contributed by atoms with Gasteiger partial charge in [-0.2, -0.15) is 0 Å². The van der Waals surface area contributed by atoms with Crippen LogP contribution in [0.25, 0.3) is 11.3 Å². The summed E-state index contributed by atoms with van der Waals surface area (Å²) in [5.74, 6) is 2.67. The van der Waals surface area contributed by atoms with Crippen molar-refractivity contribution in [3.05, 3.63) is 65.4 Å². The number of anilines is 1. The molecular formula is C22H26N6O. The first-order chi connectivity index (χ1) is 14.1. The molecule has 1 aliphatic rings. The largest absolute Gasteiger partial charge is 0.356 e. The van der Waals surface area contributed by atoms with Gasteiger partial charge in [-0.05, 0) is 37.0 Å². The Kier molecular flexibility index (Phi) is 5.64. The molecular weight excluding hydrogens is 364 g/mol. The summed E-state index contributed by atoms with van der Waals surface area (Å²) < 4.78 is 1.73. The second kappa shape index (κ2) is 8.51. The Hall–Kier alpha value is -3.09. The third-order valence-corrected chi connectivity index (χ3v) is 5.42. The fourth-order valence-electron chi connectivity index (χ4n) is 3.68. The van der Waals surface area contributed by atoms with E-state index >= 15 is 0 Å². The van der Waals surface area contributed by atoms with E-state index < -0.39 is 0 Å². The highest BCUT2D eigenvalue weighted by Gasteiger charge is 2.21. The molecule has 4 rings (SSSR count). The van der Waals surface area contributed by atoms with Gasteiger partial charge in [0.1, 0.15) is 11.6 Å². The standard InChI is InChI=1S/C22H26N6O/c1-16(2)22-24-10-5-20(26-22)27-11-6-17(7-12-27)14-28-15-25-19(13-21(28)29)18-3-8-23-9-4-18/h3-5,8-10,13,15-17H,6-7,11-12,14H2,1-2H3. The van der Waals surface area contributed by atoms with Crippen LogP contribution in [0.15, 0.2) is 54.0 Å². The molecule has 7 nitrogen and oxygen atoms in total. The van der Waals surface area contributed by atoms with E-state index in [2.05, 4.69) is 33.7 Å². The lowest BCUT2D eigenvalue weighted by molar-refractivity contribution is 0.350. The van der Waals surface area contributed by atoms with Gasteiger partial charge in [-0.25, -0.2) is 15.0 Å². The minimum Gasteiger partial charge on any atom is -0.356 e. The van der Waals surface area contributed by atoms with E-state index in [1.54, 1.807) is 29.4 Å². The quantitative estimate of drug-likeness (QED) is 0.666. The topological polar surface area (TPSA) is 76.8 Å². The average Bonchev–Trinajstić information content (AvgIpc) is 2.76. The van der Waals surface area contributed by atoms with E-state index in [-0.39, 0.29) is 5.56 Å². The Balaban J connectivity index is 1.39. The van der Waals surface area contributed by atoms with Crippen LogP contribution in [-0.2, 0) is 6.54 Å². The van der Waals surface area contributed by atoms with Gasteiger partial charge in [-0.1, -0.05) is 13.8 Å². The summed E-state index contributed by atoms with van der Waals surface area (Å²) in [6.45, 7) is 6.80. The lowest BCUT2D eigenvalue weighted by atomic mass is 9.96. The van der Waals surface area contributed by atoms with Crippen molar-refractivity contribution in [1.82, 2.24) is 24.5 Å². The highest BCUT2D eigenvalue weighted by molar-refractivity contribution is 5.57. The van der Waals surface area contributed by atoms with E-state index in [0.717, 1.165) is 43.1 Å². The fourth-order valence-corrected chi connectivity index (χ4v) is 3.68. The second-order valence-corrected chi connectivity index (χ2v) is 7.86. The maximum Gasteiger partial charge on any atom is 0.253 e. The fraction of sp³-hybridized carbons (Fsp3) is 0.409. The van der Waals surface area contributed by atoms with Gasteiger partial charge in [0.2, 0.25) is 0 Å². The summed E-state index contributed by atoms with van der Waals surface area (Å²) in [7, 11) is 0. The Morgan fingerprint density at radius 3 is 2.52 bits per heavy atom. The van der Waals surface area contributed by atoms with Crippen molar-refractivity contribution in [2.24, 2.45) is 5.92 Å². The van der Waals surface area contributed by atoms with Crippen LogP contribution in [0.4, 0.5) is 5.82 Å². The van der Waals surface area contributed by atoms with Crippen molar-refractivity contribution in [1.29, 1.82) is 0 Å². The van der Waals surface area contributed by atoms with Gasteiger partial charge in [0.25, 0.3) is 5.56 Å². The Bertz CT molecular complexity index is 1010. The molecule has 3 aromatic rings. The molecule has 7 heteroatoms. The van der Waals surface area contributed by atoms with E-state index in [1.165, 1.54) is 0 Å². The molecule has 4 heterocycles. The predicted octanol–water partition coefficient (Wildman–Crippen LogP) is 3.14. The van der Waals surface area contributed by atoms with Crippen LogP contribution in [-0.4, -0.2) is 37.6 Å². The molecule has 0 radical (unpaired) electrons. The minimum atomic E-state index is -0.00776. The molecule has 0 spiro atoms. The number of hydrogen-bond donors (Lipinski definition) is 0. The van der Waals surface area contributed by atoms with Gasteiger partial charge in [-0.3, -0.25) is 14.3 Å². The summed E-state index contributed by atoms with van der Waals surface area (Å²) in [6.07, 6.45) is 8.98. The number of rotatable bonds is 5. The number of piperidine rings is 1. The van der Waals surface area contributed by atoms with Crippen molar-refractivity contribution < 1.29 is 0 Å². The van der Waals surface area contributed by atoms with E-state index in [0.29, 0.717) is 24.1 Å². The number of hydrogen-bond acceptors (Lipinski definition) is 6. The van der Waals surface area contributed by atoms with E-state index in [9.17, 15) is 4.79 Å². The molecule has 150 valence electrons. The molecule has 29 heavy (non-hydrogen) atoms. The molecule has 0 bridgehead atoms. The Morgan fingerprint density at radius 1 is 1.07 bits per heavy atom. The van der Waals surface area contributed by atoms with Crippen LogP contribution in [0.2, 0.25) is 0 Å². The van der Waals surface area contributed by atoms with Crippen LogP contribution in [0.1, 0.15) is 38.4 Å². The van der Waals surface area contributed by atoms with Gasteiger partial charge < -0.3 is 4.90 Å². The van der Waals surface area contributed by atoms with Crippen LogP contribution in [0.3, 0.4) is 0 Å². The van der Waals surface area contributed by atoms with Crippen molar-refractivity contribution in [3.8, 4) is 11.3 Å². The smallest absolute Gasteiger partial charge is 0.253 e. The van der Waals surface area contributed by atoms with Gasteiger partial charge in [-0.15, -0.1) is 0 Å². The molecule has 0 unspecified atom stereocenters. The first-order valence-electron chi connectivity index (χ1n) is 10.1. The minimum absolute atomic E-state index is 0.00776. The zero-order chi connectivity index (χ0) is 20.2. The number of aromatic nitrogens is 5. The maximum absolute atomic E-state index is 12.6. The van der Waals surface area contributed by atoms with Crippen molar-refractivity contribution in [2.75, 3.05) is 18.0 Å². The molecule has 0 atom stereocenters. The normalized spacial score (nSPS) is 15.1. The van der Waals surface area contributed by atoms with Crippen LogP contribution in [0, 0.1) is 5.92 Å². The second-order valence-electron chi connectivity index (χ2n) is 7.86. The van der Waals surface area contributed by atoms with Crippen molar-refractivity contribution >= 4 is 5.82 Å². The molecule has 0 aromatic carbocycles. The zero-order valence-electron chi connectivity index (χ0n) is 16.9. The molecule has 0 N–H and O–H groups in total.